The maximum absolute atomic E-state index is 14.6. The van der Waals surface area contributed by atoms with Crippen LogP contribution in [-0.2, 0) is 32.6 Å². The number of hydrogen-bond acceptors (Lipinski definition) is 4. The molecule has 4 aromatic rings. The first-order valence-electron chi connectivity index (χ1n) is 15.4. The molecule has 4 rings (SSSR count). The molecule has 0 saturated heterocycles. The topological polar surface area (TPSA) is 86.8 Å². The van der Waals surface area contributed by atoms with Gasteiger partial charge in [-0.25, -0.2) is 8.42 Å². The fraction of sp³-hybridized carbons (Fsp3) is 0.297. The van der Waals surface area contributed by atoms with Crippen molar-refractivity contribution in [1.82, 2.24) is 10.2 Å². The minimum atomic E-state index is -4.16. The molecule has 4 aromatic carbocycles. The van der Waals surface area contributed by atoms with Gasteiger partial charge in [-0.15, -0.1) is 0 Å². The number of carbonyl (C=O) groups is 2. The highest BCUT2D eigenvalue weighted by Gasteiger charge is 2.35. The molecule has 2 amide bonds. The Bertz CT molecular complexity index is 1760. The third-order valence-electron chi connectivity index (χ3n) is 8.18. The van der Waals surface area contributed by atoms with Crippen LogP contribution in [0.4, 0.5) is 5.69 Å². The quantitative estimate of drug-likeness (QED) is 0.161. The van der Waals surface area contributed by atoms with Gasteiger partial charge in [-0.3, -0.25) is 13.9 Å². The molecule has 0 radical (unpaired) electrons. The lowest BCUT2D eigenvalue weighted by atomic mass is 10.0. The molecule has 7 nitrogen and oxygen atoms in total. The number of rotatable bonds is 13. The molecule has 0 heterocycles. The Morgan fingerprint density at radius 1 is 0.826 bits per heavy atom. The first-order chi connectivity index (χ1) is 21.9. The van der Waals surface area contributed by atoms with Crippen LogP contribution in [-0.4, -0.2) is 43.8 Å². The molecule has 0 saturated carbocycles. The Hall–Kier alpha value is -3.95. The summed E-state index contributed by atoms with van der Waals surface area (Å²) in [6.45, 7) is 9.27. The van der Waals surface area contributed by atoms with E-state index in [2.05, 4.69) is 21.2 Å². The van der Waals surface area contributed by atoms with E-state index in [0.29, 0.717) is 5.69 Å². The van der Waals surface area contributed by atoms with Gasteiger partial charge in [0.15, 0.2) is 0 Å². The van der Waals surface area contributed by atoms with Crippen LogP contribution >= 0.6 is 15.9 Å². The van der Waals surface area contributed by atoms with Gasteiger partial charge in [0.1, 0.15) is 12.6 Å². The van der Waals surface area contributed by atoms with Crippen molar-refractivity contribution in [1.29, 1.82) is 0 Å². The number of benzene rings is 4. The molecule has 242 valence electrons. The zero-order valence-corrected chi connectivity index (χ0v) is 29.4. The molecule has 2 atom stereocenters. The third kappa shape index (κ3) is 8.85. The number of hydrogen-bond donors (Lipinski definition) is 1. The zero-order valence-electron chi connectivity index (χ0n) is 27.0. The van der Waals surface area contributed by atoms with E-state index in [1.807, 2.05) is 95.3 Å². The molecule has 0 fully saturated rings. The predicted molar refractivity (Wildman–Crippen MR) is 188 cm³/mol. The molecule has 1 N–H and O–H groups in total. The second kappa shape index (κ2) is 15.6. The smallest absolute Gasteiger partial charge is 0.264 e. The van der Waals surface area contributed by atoms with Crippen LogP contribution in [0.2, 0.25) is 0 Å². The Kier molecular flexibility index (Phi) is 11.8. The number of amides is 2. The zero-order chi connectivity index (χ0) is 33.4. The molecule has 0 aromatic heterocycles. The van der Waals surface area contributed by atoms with Crippen LogP contribution in [0.1, 0.15) is 48.1 Å². The lowest BCUT2D eigenvalue weighted by Crippen LogP contribution is -2.54. The number of carbonyl (C=O) groups excluding carboxylic acids is 2. The van der Waals surface area contributed by atoms with E-state index in [0.717, 1.165) is 43.0 Å². The van der Waals surface area contributed by atoms with Crippen LogP contribution in [0.25, 0.3) is 0 Å². The van der Waals surface area contributed by atoms with Gasteiger partial charge in [0.2, 0.25) is 11.8 Å². The van der Waals surface area contributed by atoms with Crippen LogP contribution in [0, 0.1) is 20.8 Å². The maximum Gasteiger partial charge on any atom is 0.264 e. The van der Waals surface area contributed by atoms with Crippen LogP contribution in [0.5, 0.6) is 0 Å². The Labute approximate surface area is 281 Å². The molecule has 46 heavy (non-hydrogen) atoms. The Morgan fingerprint density at radius 3 is 2.13 bits per heavy atom. The summed E-state index contributed by atoms with van der Waals surface area (Å²) in [5, 5.41) is 3.07. The highest BCUT2D eigenvalue weighted by Crippen LogP contribution is 2.27. The number of sulfonamides is 1. The molecule has 0 aliphatic carbocycles. The van der Waals surface area contributed by atoms with Gasteiger partial charge in [0, 0.05) is 23.5 Å². The number of halogens is 1. The molecule has 0 spiro atoms. The van der Waals surface area contributed by atoms with Crippen molar-refractivity contribution in [2.45, 2.75) is 71.0 Å². The molecule has 0 aliphatic rings. The molecular formula is C37H42BrN3O4S. The third-order valence-corrected chi connectivity index (χ3v) is 10.5. The first kappa shape index (κ1) is 34.9. The van der Waals surface area contributed by atoms with Crippen LogP contribution < -0.4 is 9.62 Å². The number of nitrogens with one attached hydrogen (secondary N) is 1. The highest BCUT2D eigenvalue weighted by atomic mass is 79.9. The SMILES string of the molecule is CC[C@H](C)NC(=O)[C@H](Cc1ccccc1)N(Cc1cccc(Br)c1)C(=O)CN(c1ccc(C)c(C)c1)S(=O)(=O)c1ccc(C)cc1. The van der Waals surface area contributed by atoms with Crippen molar-refractivity contribution in [2.24, 2.45) is 0 Å². The van der Waals surface area contributed by atoms with E-state index in [9.17, 15) is 18.0 Å². The van der Waals surface area contributed by atoms with Gasteiger partial charge in [-0.2, -0.15) is 0 Å². The molecule has 0 aliphatic heterocycles. The lowest BCUT2D eigenvalue weighted by Gasteiger charge is -2.34. The number of anilines is 1. The van der Waals surface area contributed by atoms with E-state index in [-0.39, 0.29) is 29.8 Å². The van der Waals surface area contributed by atoms with Crippen molar-refractivity contribution in [3.63, 3.8) is 0 Å². The molecule has 9 heteroatoms. The van der Waals surface area contributed by atoms with Gasteiger partial charge < -0.3 is 10.2 Å². The first-order valence-corrected chi connectivity index (χ1v) is 17.7. The summed E-state index contributed by atoms with van der Waals surface area (Å²) in [4.78, 5) is 30.2. The van der Waals surface area contributed by atoms with E-state index < -0.39 is 28.5 Å². The minimum absolute atomic E-state index is 0.0815. The fourth-order valence-corrected chi connectivity index (χ4v) is 6.93. The summed E-state index contributed by atoms with van der Waals surface area (Å²) in [7, 11) is -4.16. The van der Waals surface area contributed by atoms with Crippen molar-refractivity contribution < 1.29 is 18.0 Å². The summed E-state index contributed by atoms with van der Waals surface area (Å²) < 4.78 is 30.5. The average molecular weight is 705 g/mol. The van der Waals surface area contributed by atoms with Gasteiger partial charge in [0.05, 0.1) is 10.6 Å². The van der Waals surface area contributed by atoms with Gasteiger partial charge >= 0.3 is 0 Å². The normalized spacial score (nSPS) is 12.7. The Balaban J connectivity index is 1.83. The summed E-state index contributed by atoms with van der Waals surface area (Å²) in [5.74, 6) is -0.783. The van der Waals surface area contributed by atoms with Crippen molar-refractivity contribution >= 4 is 43.5 Å². The number of nitrogens with zero attached hydrogens (tertiary/aromatic N) is 2. The lowest BCUT2D eigenvalue weighted by molar-refractivity contribution is -0.140. The van der Waals surface area contributed by atoms with E-state index in [1.54, 1.807) is 36.4 Å². The van der Waals surface area contributed by atoms with Crippen molar-refractivity contribution in [2.75, 3.05) is 10.8 Å². The Morgan fingerprint density at radius 2 is 1.50 bits per heavy atom. The van der Waals surface area contributed by atoms with Crippen LogP contribution in [0.3, 0.4) is 0 Å². The van der Waals surface area contributed by atoms with E-state index in [1.165, 1.54) is 4.90 Å². The predicted octanol–water partition coefficient (Wildman–Crippen LogP) is 7.12. The second-order valence-corrected chi connectivity index (χ2v) is 14.5. The van der Waals surface area contributed by atoms with E-state index in [4.69, 9.17) is 0 Å². The summed E-state index contributed by atoms with van der Waals surface area (Å²) in [5.41, 5.74) is 4.89. The van der Waals surface area contributed by atoms with E-state index >= 15 is 0 Å². The standard InChI is InChI=1S/C37H42BrN3O4S/c1-6-29(5)39-37(43)35(23-30-11-8-7-9-12-30)40(24-31-13-10-14-32(38)22-31)36(42)25-41(33-18-17-27(3)28(4)21-33)46(44,45)34-19-15-26(2)16-20-34/h7-22,29,35H,6,23-25H2,1-5H3,(H,39,43)/t29-,35-/m0/s1. The van der Waals surface area contributed by atoms with Crippen molar-refractivity contribution in [3.05, 3.63) is 129 Å². The fourth-order valence-electron chi connectivity index (χ4n) is 5.07. The average Bonchev–Trinajstić information content (AvgIpc) is 3.03. The maximum atomic E-state index is 14.6. The monoisotopic (exact) mass is 703 g/mol. The molecule has 0 unspecified atom stereocenters. The largest absolute Gasteiger partial charge is 0.352 e. The summed E-state index contributed by atoms with van der Waals surface area (Å²) >= 11 is 3.52. The molecular weight excluding hydrogens is 662 g/mol. The number of aryl methyl sites for hydroxylation is 3. The minimum Gasteiger partial charge on any atom is -0.352 e. The highest BCUT2D eigenvalue weighted by molar-refractivity contribution is 9.10. The summed E-state index contributed by atoms with van der Waals surface area (Å²) in [6, 6.07) is 28.0. The van der Waals surface area contributed by atoms with Crippen LogP contribution in [0.15, 0.2) is 106 Å². The van der Waals surface area contributed by atoms with Crippen molar-refractivity contribution in [3.8, 4) is 0 Å². The second-order valence-electron chi connectivity index (χ2n) is 11.8. The molecule has 0 bridgehead atoms. The van der Waals surface area contributed by atoms with Gasteiger partial charge in [0.25, 0.3) is 10.0 Å². The van der Waals surface area contributed by atoms with Gasteiger partial charge in [-0.05, 0) is 92.8 Å². The van der Waals surface area contributed by atoms with Gasteiger partial charge in [-0.1, -0.05) is 89.1 Å². The summed E-state index contributed by atoms with van der Waals surface area (Å²) in [6.07, 6.45) is 0.982.